The van der Waals surface area contributed by atoms with E-state index in [0.717, 1.165) is 11.3 Å². The van der Waals surface area contributed by atoms with E-state index in [0.29, 0.717) is 0 Å². The van der Waals surface area contributed by atoms with Crippen LogP contribution in [-0.4, -0.2) is 7.11 Å². The summed E-state index contributed by atoms with van der Waals surface area (Å²) in [5.41, 5.74) is 8.43. The zero-order valence-electron chi connectivity index (χ0n) is 10.3. The molecule has 0 saturated carbocycles. The topological polar surface area (TPSA) is 35.2 Å². The maximum atomic E-state index is 5.92. The zero-order valence-corrected chi connectivity index (χ0v) is 10.3. The second-order valence-corrected chi connectivity index (χ2v) is 5.00. The van der Waals surface area contributed by atoms with Gasteiger partial charge in [-0.1, -0.05) is 32.9 Å². The second kappa shape index (κ2) is 4.23. The fourth-order valence-corrected chi connectivity index (χ4v) is 1.56. The Morgan fingerprint density at radius 2 is 1.87 bits per heavy atom. The summed E-state index contributed by atoms with van der Waals surface area (Å²) in [6, 6.07) is 6.25. The van der Waals surface area contributed by atoms with Gasteiger partial charge in [0.25, 0.3) is 0 Å². The molecule has 0 aliphatic heterocycles. The Bertz CT molecular complexity index is 337. The van der Waals surface area contributed by atoms with Crippen LogP contribution in [0.1, 0.15) is 44.9 Å². The van der Waals surface area contributed by atoms with Crippen molar-refractivity contribution in [3.63, 3.8) is 0 Å². The summed E-state index contributed by atoms with van der Waals surface area (Å²) in [6.45, 7) is 8.56. The van der Waals surface area contributed by atoms with Crippen molar-refractivity contribution >= 4 is 0 Å². The highest BCUT2D eigenvalue weighted by Crippen LogP contribution is 2.30. The van der Waals surface area contributed by atoms with Crippen molar-refractivity contribution in [2.24, 2.45) is 5.73 Å². The van der Waals surface area contributed by atoms with Gasteiger partial charge < -0.3 is 10.5 Å². The fourth-order valence-electron chi connectivity index (χ4n) is 1.56. The summed E-state index contributed by atoms with van der Waals surface area (Å²) in [5, 5.41) is 0. The lowest BCUT2D eigenvalue weighted by Gasteiger charge is -2.22. The van der Waals surface area contributed by atoms with Gasteiger partial charge in [-0.25, -0.2) is 0 Å². The minimum atomic E-state index is 0.00208. The quantitative estimate of drug-likeness (QED) is 0.809. The van der Waals surface area contributed by atoms with E-state index in [4.69, 9.17) is 10.5 Å². The average Bonchev–Trinajstić information content (AvgIpc) is 2.15. The predicted molar refractivity (Wildman–Crippen MR) is 64.3 cm³/mol. The normalized spacial score (nSPS) is 13.7. The van der Waals surface area contributed by atoms with Crippen molar-refractivity contribution < 1.29 is 4.74 Å². The van der Waals surface area contributed by atoms with Crippen LogP contribution in [0.25, 0.3) is 0 Å². The molecular formula is C13H21NO. The molecular weight excluding hydrogens is 186 g/mol. The number of nitrogens with two attached hydrogens (primary N) is 1. The maximum absolute atomic E-state index is 5.92. The van der Waals surface area contributed by atoms with Crippen molar-refractivity contribution in [3.8, 4) is 5.75 Å². The van der Waals surface area contributed by atoms with Crippen molar-refractivity contribution in [1.82, 2.24) is 0 Å². The minimum Gasteiger partial charge on any atom is -0.496 e. The molecule has 1 rings (SSSR count). The number of methoxy groups -OCH3 is 1. The maximum Gasteiger partial charge on any atom is 0.123 e. The van der Waals surface area contributed by atoms with Gasteiger partial charge in [-0.2, -0.15) is 0 Å². The van der Waals surface area contributed by atoms with Crippen LogP contribution in [0.5, 0.6) is 5.75 Å². The number of hydrogen-bond donors (Lipinski definition) is 1. The molecule has 2 N–H and O–H groups in total. The molecule has 0 aromatic heterocycles. The summed E-state index contributed by atoms with van der Waals surface area (Å²) in [5.74, 6) is 0.873. The predicted octanol–water partition coefficient (Wildman–Crippen LogP) is 3.01. The Kier molecular flexibility index (Phi) is 3.40. The monoisotopic (exact) mass is 207 g/mol. The average molecular weight is 207 g/mol. The summed E-state index contributed by atoms with van der Waals surface area (Å²) < 4.78 is 5.29. The van der Waals surface area contributed by atoms with Gasteiger partial charge in [0, 0.05) is 11.6 Å². The van der Waals surface area contributed by atoms with E-state index in [1.807, 2.05) is 13.0 Å². The summed E-state index contributed by atoms with van der Waals surface area (Å²) >= 11 is 0. The first kappa shape index (κ1) is 12.1. The molecule has 0 amide bonds. The van der Waals surface area contributed by atoms with E-state index in [2.05, 4.69) is 32.9 Å². The molecule has 1 aromatic rings. The second-order valence-electron chi connectivity index (χ2n) is 5.00. The van der Waals surface area contributed by atoms with Gasteiger partial charge in [-0.3, -0.25) is 0 Å². The highest BCUT2D eigenvalue weighted by atomic mass is 16.5. The van der Waals surface area contributed by atoms with Gasteiger partial charge in [0.2, 0.25) is 0 Å². The molecule has 0 saturated heterocycles. The van der Waals surface area contributed by atoms with Gasteiger partial charge in [0.15, 0.2) is 0 Å². The van der Waals surface area contributed by atoms with Gasteiger partial charge in [0.05, 0.1) is 7.11 Å². The van der Waals surface area contributed by atoms with Crippen molar-refractivity contribution in [2.45, 2.75) is 39.2 Å². The van der Waals surface area contributed by atoms with Gasteiger partial charge >= 0.3 is 0 Å². The molecule has 0 aliphatic rings. The molecule has 1 atom stereocenters. The van der Waals surface area contributed by atoms with Crippen LogP contribution in [0, 0.1) is 0 Å². The lowest BCUT2D eigenvalue weighted by atomic mass is 9.85. The molecule has 0 fully saturated rings. The molecule has 0 aliphatic carbocycles. The molecule has 2 heteroatoms. The van der Waals surface area contributed by atoms with Crippen LogP contribution in [0.4, 0.5) is 0 Å². The Labute approximate surface area is 92.4 Å². The molecule has 1 aromatic carbocycles. The van der Waals surface area contributed by atoms with Gasteiger partial charge in [0.1, 0.15) is 5.75 Å². The Morgan fingerprint density at radius 1 is 1.27 bits per heavy atom. The molecule has 2 nitrogen and oxygen atoms in total. The fraction of sp³-hybridized carbons (Fsp3) is 0.538. The zero-order chi connectivity index (χ0) is 11.6. The third kappa shape index (κ3) is 2.72. The van der Waals surface area contributed by atoms with Crippen LogP contribution in [0.3, 0.4) is 0 Å². The first-order valence-electron chi connectivity index (χ1n) is 5.30. The Hall–Kier alpha value is -1.02. The summed E-state index contributed by atoms with van der Waals surface area (Å²) in [4.78, 5) is 0. The highest BCUT2D eigenvalue weighted by molar-refractivity contribution is 5.41. The number of benzene rings is 1. The summed E-state index contributed by atoms with van der Waals surface area (Å²) in [6.07, 6.45) is 0. The lowest BCUT2D eigenvalue weighted by molar-refractivity contribution is 0.406. The van der Waals surface area contributed by atoms with Crippen molar-refractivity contribution in [2.75, 3.05) is 7.11 Å². The largest absolute Gasteiger partial charge is 0.496 e. The minimum absolute atomic E-state index is 0.00208. The van der Waals surface area contributed by atoms with Crippen LogP contribution < -0.4 is 10.5 Å². The van der Waals surface area contributed by atoms with Crippen LogP contribution in [-0.2, 0) is 5.41 Å². The van der Waals surface area contributed by atoms with Crippen LogP contribution in [0.2, 0.25) is 0 Å². The van der Waals surface area contributed by atoms with Crippen molar-refractivity contribution in [3.05, 3.63) is 29.3 Å². The lowest BCUT2D eigenvalue weighted by Crippen LogP contribution is -2.14. The SMILES string of the molecule is COc1ccc(C(C)(C)C)cc1C(C)N. The number of ether oxygens (including phenoxy) is 1. The molecule has 1 unspecified atom stereocenters. The number of rotatable bonds is 2. The smallest absolute Gasteiger partial charge is 0.123 e. The van der Waals surface area contributed by atoms with E-state index in [1.54, 1.807) is 7.11 Å². The van der Waals surface area contributed by atoms with Crippen LogP contribution >= 0.6 is 0 Å². The molecule has 84 valence electrons. The standard InChI is InChI=1S/C13H21NO/c1-9(14)11-8-10(13(2,3)4)6-7-12(11)15-5/h6-9H,14H2,1-5H3. The van der Waals surface area contributed by atoms with E-state index >= 15 is 0 Å². The summed E-state index contributed by atoms with van der Waals surface area (Å²) in [7, 11) is 1.68. The third-order valence-corrected chi connectivity index (χ3v) is 2.59. The van der Waals surface area contributed by atoms with Crippen LogP contribution in [0.15, 0.2) is 18.2 Å². The molecule has 0 spiro atoms. The van der Waals surface area contributed by atoms with Crippen molar-refractivity contribution in [1.29, 1.82) is 0 Å². The Balaban J connectivity index is 3.22. The number of hydrogen-bond acceptors (Lipinski definition) is 2. The van der Waals surface area contributed by atoms with E-state index in [-0.39, 0.29) is 11.5 Å². The van der Waals surface area contributed by atoms with E-state index in [9.17, 15) is 0 Å². The molecule has 0 heterocycles. The molecule has 0 radical (unpaired) electrons. The molecule has 0 bridgehead atoms. The van der Waals surface area contributed by atoms with E-state index in [1.165, 1.54) is 5.56 Å². The third-order valence-electron chi connectivity index (χ3n) is 2.59. The molecule has 15 heavy (non-hydrogen) atoms. The van der Waals surface area contributed by atoms with Gasteiger partial charge in [-0.05, 0) is 24.0 Å². The highest BCUT2D eigenvalue weighted by Gasteiger charge is 2.16. The first-order valence-corrected chi connectivity index (χ1v) is 5.30. The first-order chi connectivity index (χ1) is 6.86. The Morgan fingerprint density at radius 3 is 2.27 bits per heavy atom. The van der Waals surface area contributed by atoms with Gasteiger partial charge in [-0.15, -0.1) is 0 Å². The van der Waals surface area contributed by atoms with E-state index < -0.39 is 0 Å².